The van der Waals surface area contributed by atoms with Gasteiger partial charge in [-0.15, -0.1) is 0 Å². The van der Waals surface area contributed by atoms with Gasteiger partial charge in [0.2, 0.25) is 0 Å². The fourth-order valence-electron chi connectivity index (χ4n) is 3.20. The third-order valence-corrected chi connectivity index (χ3v) is 4.62. The van der Waals surface area contributed by atoms with Crippen molar-refractivity contribution in [2.24, 2.45) is 0 Å². The van der Waals surface area contributed by atoms with Crippen LogP contribution < -0.4 is 14.8 Å². The first-order valence-electron chi connectivity index (χ1n) is 8.27. The van der Waals surface area contributed by atoms with E-state index in [2.05, 4.69) is 23.5 Å². The Balaban J connectivity index is 1.74. The Morgan fingerprint density at radius 3 is 2.50 bits per heavy atom. The van der Waals surface area contributed by atoms with Crippen molar-refractivity contribution in [3.05, 3.63) is 58.7 Å². The van der Waals surface area contributed by atoms with E-state index in [0.717, 1.165) is 12.0 Å². The van der Waals surface area contributed by atoms with E-state index < -0.39 is 0 Å². The second kappa shape index (κ2) is 6.95. The maximum atomic E-state index is 12.5. The second-order valence-corrected chi connectivity index (χ2v) is 6.15. The van der Waals surface area contributed by atoms with Crippen LogP contribution in [0.5, 0.6) is 11.5 Å². The van der Waals surface area contributed by atoms with E-state index in [1.807, 2.05) is 6.92 Å². The van der Waals surface area contributed by atoms with Crippen molar-refractivity contribution < 1.29 is 14.3 Å². The molecule has 4 nitrogen and oxygen atoms in total. The van der Waals surface area contributed by atoms with Crippen molar-refractivity contribution in [1.29, 1.82) is 0 Å². The fraction of sp³-hybridized carbons (Fsp3) is 0.350. The van der Waals surface area contributed by atoms with Crippen LogP contribution in [0.4, 0.5) is 0 Å². The molecule has 0 saturated heterocycles. The number of hydrogen-bond acceptors (Lipinski definition) is 3. The number of benzene rings is 2. The van der Waals surface area contributed by atoms with Gasteiger partial charge >= 0.3 is 0 Å². The Kier molecular flexibility index (Phi) is 4.74. The van der Waals surface area contributed by atoms with E-state index in [-0.39, 0.29) is 11.9 Å². The van der Waals surface area contributed by atoms with Gasteiger partial charge in [-0.05, 0) is 61.1 Å². The molecule has 0 bridgehead atoms. The van der Waals surface area contributed by atoms with E-state index >= 15 is 0 Å². The first-order chi connectivity index (χ1) is 11.6. The Morgan fingerprint density at radius 2 is 1.75 bits per heavy atom. The monoisotopic (exact) mass is 325 g/mol. The lowest BCUT2D eigenvalue weighted by atomic mass is 10.0. The van der Waals surface area contributed by atoms with Gasteiger partial charge in [-0.1, -0.05) is 18.2 Å². The molecule has 2 aromatic rings. The zero-order chi connectivity index (χ0) is 17.1. The zero-order valence-corrected chi connectivity index (χ0v) is 14.4. The van der Waals surface area contributed by atoms with E-state index in [0.29, 0.717) is 17.1 Å². The van der Waals surface area contributed by atoms with Gasteiger partial charge in [0.25, 0.3) is 5.91 Å². The van der Waals surface area contributed by atoms with Crippen molar-refractivity contribution in [2.45, 2.75) is 32.2 Å². The molecule has 1 atom stereocenters. The first kappa shape index (κ1) is 16.4. The second-order valence-electron chi connectivity index (χ2n) is 6.15. The minimum absolute atomic E-state index is 0.0449. The Labute approximate surface area is 142 Å². The molecule has 0 fully saturated rings. The SMILES string of the molecule is COc1ccc(C(=O)NC(C)c2ccc3c(c2)CCC3)cc1OC. The van der Waals surface area contributed by atoms with Crippen LogP contribution in [0.2, 0.25) is 0 Å². The quantitative estimate of drug-likeness (QED) is 0.912. The molecule has 1 aliphatic carbocycles. The van der Waals surface area contributed by atoms with Crippen LogP contribution in [-0.2, 0) is 12.8 Å². The summed E-state index contributed by atoms with van der Waals surface area (Å²) in [4.78, 5) is 12.5. The van der Waals surface area contributed by atoms with Crippen LogP contribution in [0.3, 0.4) is 0 Å². The summed E-state index contributed by atoms with van der Waals surface area (Å²) in [5, 5.41) is 3.06. The highest BCUT2D eigenvalue weighted by atomic mass is 16.5. The highest BCUT2D eigenvalue weighted by molar-refractivity contribution is 5.95. The fourth-order valence-corrected chi connectivity index (χ4v) is 3.20. The lowest BCUT2D eigenvalue weighted by molar-refractivity contribution is 0.0939. The molecule has 0 aromatic heterocycles. The average Bonchev–Trinajstić information content (AvgIpc) is 3.08. The van der Waals surface area contributed by atoms with Gasteiger partial charge in [-0.25, -0.2) is 0 Å². The molecule has 126 valence electrons. The van der Waals surface area contributed by atoms with Crippen molar-refractivity contribution in [2.75, 3.05) is 14.2 Å². The molecule has 24 heavy (non-hydrogen) atoms. The van der Waals surface area contributed by atoms with E-state index in [4.69, 9.17) is 9.47 Å². The summed E-state index contributed by atoms with van der Waals surface area (Å²) in [6, 6.07) is 11.7. The molecule has 2 aromatic carbocycles. The molecule has 1 aliphatic rings. The van der Waals surface area contributed by atoms with Crippen LogP contribution in [0.15, 0.2) is 36.4 Å². The first-order valence-corrected chi connectivity index (χ1v) is 8.27. The number of nitrogens with one attached hydrogen (secondary N) is 1. The van der Waals surface area contributed by atoms with Crippen LogP contribution in [-0.4, -0.2) is 20.1 Å². The number of rotatable bonds is 5. The summed E-state index contributed by atoms with van der Waals surface area (Å²) in [5.74, 6) is 1.04. The largest absolute Gasteiger partial charge is 0.493 e. The number of hydrogen-bond donors (Lipinski definition) is 1. The van der Waals surface area contributed by atoms with E-state index in [1.165, 1.54) is 24.0 Å². The number of carbonyl (C=O) groups is 1. The van der Waals surface area contributed by atoms with Gasteiger partial charge in [0.15, 0.2) is 11.5 Å². The Hall–Kier alpha value is -2.49. The van der Waals surface area contributed by atoms with Crippen molar-refractivity contribution >= 4 is 5.91 Å². The van der Waals surface area contributed by atoms with Crippen LogP contribution in [0.25, 0.3) is 0 Å². The summed E-state index contributed by atoms with van der Waals surface area (Å²) < 4.78 is 10.5. The minimum Gasteiger partial charge on any atom is -0.493 e. The number of carbonyl (C=O) groups excluding carboxylic acids is 1. The smallest absolute Gasteiger partial charge is 0.251 e. The third kappa shape index (κ3) is 3.23. The minimum atomic E-state index is -0.121. The molecule has 0 aliphatic heterocycles. The van der Waals surface area contributed by atoms with Gasteiger partial charge < -0.3 is 14.8 Å². The number of aryl methyl sites for hydroxylation is 2. The summed E-state index contributed by atoms with van der Waals surface area (Å²) in [5.41, 5.74) is 4.56. The molecule has 0 spiro atoms. The predicted molar refractivity (Wildman–Crippen MR) is 93.9 cm³/mol. The molecule has 1 amide bonds. The van der Waals surface area contributed by atoms with Crippen LogP contribution in [0.1, 0.15) is 46.4 Å². The van der Waals surface area contributed by atoms with E-state index in [1.54, 1.807) is 32.4 Å². The van der Waals surface area contributed by atoms with E-state index in [9.17, 15) is 4.79 Å². The van der Waals surface area contributed by atoms with Gasteiger partial charge in [-0.3, -0.25) is 4.79 Å². The molecule has 4 heteroatoms. The third-order valence-electron chi connectivity index (χ3n) is 4.62. The lowest BCUT2D eigenvalue weighted by Crippen LogP contribution is -2.26. The maximum absolute atomic E-state index is 12.5. The van der Waals surface area contributed by atoms with Crippen molar-refractivity contribution in [3.63, 3.8) is 0 Å². The summed E-state index contributed by atoms with van der Waals surface area (Å²) in [7, 11) is 3.14. The van der Waals surface area contributed by atoms with Gasteiger partial charge in [-0.2, -0.15) is 0 Å². The number of methoxy groups -OCH3 is 2. The zero-order valence-electron chi connectivity index (χ0n) is 14.4. The summed E-state index contributed by atoms with van der Waals surface area (Å²) >= 11 is 0. The molecule has 0 heterocycles. The highest BCUT2D eigenvalue weighted by Gasteiger charge is 2.16. The summed E-state index contributed by atoms with van der Waals surface area (Å²) in [6.07, 6.45) is 3.53. The standard InChI is InChI=1S/C20H23NO3/c1-13(15-8-7-14-5-4-6-16(14)11-15)21-20(22)17-9-10-18(23-2)19(12-17)24-3/h7-13H,4-6H2,1-3H3,(H,21,22). The average molecular weight is 325 g/mol. The van der Waals surface area contributed by atoms with Crippen LogP contribution in [0, 0.1) is 0 Å². The van der Waals surface area contributed by atoms with Crippen molar-refractivity contribution in [1.82, 2.24) is 5.32 Å². The number of fused-ring (bicyclic) bond motifs is 1. The molecule has 1 unspecified atom stereocenters. The normalized spacial score (nSPS) is 14.0. The van der Waals surface area contributed by atoms with Crippen molar-refractivity contribution in [3.8, 4) is 11.5 Å². The van der Waals surface area contributed by atoms with Gasteiger partial charge in [0, 0.05) is 5.56 Å². The Bertz CT molecular complexity index is 755. The summed E-state index contributed by atoms with van der Waals surface area (Å²) in [6.45, 7) is 2.01. The lowest BCUT2D eigenvalue weighted by Gasteiger charge is -2.16. The predicted octanol–water partition coefficient (Wildman–Crippen LogP) is 3.68. The molecular formula is C20H23NO3. The Morgan fingerprint density at radius 1 is 1.00 bits per heavy atom. The number of amides is 1. The van der Waals surface area contributed by atoms with Gasteiger partial charge in [0.05, 0.1) is 20.3 Å². The molecular weight excluding hydrogens is 302 g/mol. The highest BCUT2D eigenvalue weighted by Crippen LogP contribution is 2.28. The molecule has 3 rings (SSSR count). The van der Waals surface area contributed by atoms with Crippen LogP contribution >= 0.6 is 0 Å². The molecule has 0 saturated carbocycles. The topological polar surface area (TPSA) is 47.6 Å². The maximum Gasteiger partial charge on any atom is 0.251 e. The number of ether oxygens (including phenoxy) is 2. The molecule has 0 radical (unpaired) electrons. The molecule has 1 N–H and O–H groups in total. The van der Waals surface area contributed by atoms with Gasteiger partial charge in [0.1, 0.15) is 0 Å².